The van der Waals surface area contributed by atoms with E-state index in [2.05, 4.69) is 56.2 Å². The van der Waals surface area contributed by atoms with Gasteiger partial charge in [0, 0.05) is 17.2 Å². The number of rotatable bonds is 7. The molecule has 8 nitrogen and oxygen atoms in total. The Bertz CT molecular complexity index is 1540. The van der Waals surface area contributed by atoms with Crippen LogP contribution in [0.15, 0.2) is 72.9 Å². The first-order chi connectivity index (χ1) is 19.7. The molecule has 2 aromatic heterocycles. The predicted octanol–water partition coefficient (Wildman–Crippen LogP) is 5.37. The monoisotopic (exact) mass is 569 g/mol. The van der Waals surface area contributed by atoms with Gasteiger partial charge >= 0.3 is 0 Å². The highest BCUT2D eigenvalue weighted by molar-refractivity contribution is 8.00. The van der Waals surface area contributed by atoms with Gasteiger partial charge in [0.25, 0.3) is 0 Å². The summed E-state index contributed by atoms with van der Waals surface area (Å²) in [5.74, 6) is 1.16. The molecule has 1 aliphatic rings. The van der Waals surface area contributed by atoms with Crippen molar-refractivity contribution in [2.45, 2.75) is 44.9 Å². The first-order valence-corrected chi connectivity index (χ1v) is 14.6. The summed E-state index contributed by atoms with van der Waals surface area (Å²) in [7, 11) is 1.63. The number of aryl methyl sites for hydroxylation is 1. The second-order valence-electron chi connectivity index (χ2n) is 11.1. The number of nitrogens with one attached hydrogen (secondary N) is 1. The standard InChI is InChI=1S/C32H35N5O3S/c1-21-9-8-10-22(17-21)29-28-30(32(2,3)4)35-37(24-12-14-25(40-5)15-13-24)31(28)36(27(39)20-41-29)19-26(38)34-18-23-11-6-7-16-33-23/h6-17,29H,18-20H2,1-5H3,(H,34,38)/t29-/m1/s1. The molecule has 2 amide bonds. The molecule has 212 valence electrons. The summed E-state index contributed by atoms with van der Waals surface area (Å²) in [4.78, 5) is 33.0. The van der Waals surface area contributed by atoms with Crippen LogP contribution in [0.1, 0.15) is 54.1 Å². The summed E-state index contributed by atoms with van der Waals surface area (Å²) in [6, 6.07) is 21.5. The van der Waals surface area contributed by atoms with E-state index in [1.807, 2.05) is 53.2 Å². The van der Waals surface area contributed by atoms with E-state index in [0.29, 0.717) is 5.82 Å². The maximum atomic E-state index is 13.8. The van der Waals surface area contributed by atoms with Crippen molar-refractivity contribution in [2.24, 2.45) is 0 Å². The van der Waals surface area contributed by atoms with Crippen molar-refractivity contribution in [2.75, 3.05) is 24.3 Å². The van der Waals surface area contributed by atoms with E-state index >= 15 is 0 Å². The lowest BCUT2D eigenvalue weighted by molar-refractivity contribution is -0.123. The van der Waals surface area contributed by atoms with Crippen LogP contribution in [0.25, 0.3) is 5.69 Å². The molecular formula is C32H35N5O3S. The van der Waals surface area contributed by atoms with Gasteiger partial charge in [-0.05, 0) is 48.9 Å². The van der Waals surface area contributed by atoms with E-state index in [4.69, 9.17) is 9.84 Å². The summed E-state index contributed by atoms with van der Waals surface area (Å²) in [6.07, 6.45) is 1.69. The average molecular weight is 570 g/mol. The average Bonchev–Trinajstić information content (AvgIpc) is 3.30. The van der Waals surface area contributed by atoms with Gasteiger partial charge in [0.05, 0.1) is 41.7 Å². The highest BCUT2D eigenvalue weighted by Gasteiger charge is 2.40. The van der Waals surface area contributed by atoms with Gasteiger partial charge in [0.1, 0.15) is 18.1 Å². The fourth-order valence-corrected chi connectivity index (χ4v) is 6.15. The minimum Gasteiger partial charge on any atom is -0.497 e. The first kappa shape index (κ1) is 28.4. The van der Waals surface area contributed by atoms with E-state index in [1.165, 1.54) is 0 Å². The smallest absolute Gasteiger partial charge is 0.240 e. The number of methoxy groups -OCH3 is 1. The molecule has 0 unspecified atom stereocenters. The van der Waals surface area contributed by atoms with Crippen LogP contribution in [0.5, 0.6) is 5.75 Å². The number of aromatic nitrogens is 3. The lowest BCUT2D eigenvalue weighted by Crippen LogP contribution is -2.42. The molecule has 9 heteroatoms. The molecule has 0 fully saturated rings. The van der Waals surface area contributed by atoms with Crippen LogP contribution in [0.3, 0.4) is 0 Å². The van der Waals surface area contributed by atoms with Crippen molar-refractivity contribution < 1.29 is 14.3 Å². The van der Waals surface area contributed by atoms with Crippen LogP contribution in [0.4, 0.5) is 5.82 Å². The fraction of sp³-hybridized carbons (Fsp3) is 0.312. The molecular weight excluding hydrogens is 534 g/mol. The zero-order chi connectivity index (χ0) is 29.1. The normalized spacial score (nSPS) is 15.3. The molecule has 0 bridgehead atoms. The van der Waals surface area contributed by atoms with Crippen LogP contribution in [-0.2, 0) is 21.5 Å². The summed E-state index contributed by atoms with van der Waals surface area (Å²) in [5, 5.41) is 7.93. The zero-order valence-corrected chi connectivity index (χ0v) is 24.9. The van der Waals surface area contributed by atoms with Gasteiger partial charge in [0.15, 0.2) is 0 Å². The van der Waals surface area contributed by atoms with Crippen LogP contribution in [0, 0.1) is 6.92 Å². The number of ether oxygens (including phenoxy) is 1. The molecule has 0 aliphatic carbocycles. The van der Waals surface area contributed by atoms with Crippen molar-refractivity contribution in [1.29, 1.82) is 0 Å². The summed E-state index contributed by atoms with van der Waals surface area (Å²) in [6.45, 7) is 8.60. The van der Waals surface area contributed by atoms with Crippen molar-refractivity contribution in [1.82, 2.24) is 20.1 Å². The molecule has 5 rings (SSSR count). The summed E-state index contributed by atoms with van der Waals surface area (Å²) >= 11 is 1.58. The van der Waals surface area contributed by atoms with Crippen LogP contribution in [-0.4, -0.2) is 46.0 Å². The Balaban J connectivity index is 1.65. The van der Waals surface area contributed by atoms with Gasteiger partial charge in [-0.2, -0.15) is 5.10 Å². The molecule has 1 N–H and O–H groups in total. The maximum absolute atomic E-state index is 13.8. The van der Waals surface area contributed by atoms with Crippen LogP contribution in [0.2, 0.25) is 0 Å². The number of pyridine rings is 1. The number of hydrogen-bond acceptors (Lipinski definition) is 6. The lowest BCUT2D eigenvalue weighted by Gasteiger charge is -2.24. The molecule has 0 spiro atoms. The number of carbonyl (C=O) groups excluding carboxylic acids is 2. The Labute approximate surface area is 245 Å². The second kappa shape index (κ2) is 11.8. The van der Waals surface area contributed by atoms with E-state index in [9.17, 15) is 9.59 Å². The number of fused-ring (bicyclic) bond motifs is 1. The molecule has 1 aliphatic heterocycles. The number of carbonyl (C=O) groups is 2. The lowest BCUT2D eigenvalue weighted by atomic mass is 9.87. The van der Waals surface area contributed by atoms with E-state index < -0.39 is 0 Å². The Morgan fingerprint density at radius 1 is 1.10 bits per heavy atom. The predicted molar refractivity (Wildman–Crippen MR) is 163 cm³/mol. The van der Waals surface area contributed by atoms with E-state index in [1.54, 1.807) is 30.0 Å². The third-order valence-electron chi connectivity index (χ3n) is 6.96. The summed E-state index contributed by atoms with van der Waals surface area (Å²) < 4.78 is 7.20. The molecule has 0 saturated heterocycles. The third-order valence-corrected chi connectivity index (χ3v) is 8.21. The fourth-order valence-electron chi connectivity index (χ4n) is 4.96. The Morgan fingerprint density at radius 2 is 1.88 bits per heavy atom. The van der Waals surface area contributed by atoms with E-state index in [0.717, 1.165) is 39.5 Å². The topological polar surface area (TPSA) is 89.3 Å². The molecule has 4 aromatic rings. The van der Waals surface area contributed by atoms with Gasteiger partial charge < -0.3 is 10.1 Å². The van der Waals surface area contributed by atoms with Crippen LogP contribution < -0.4 is 15.0 Å². The molecule has 1 atom stereocenters. The SMILES string of the molecule is COc1ccc(-n2nc(C(C)(C)C)c3c2N(CC(=O)NCc2ccccn2)C(=O)CS[C@@H]3c2cccc(C)c2)cc1. The Hall–Kier alpha value is -4.11. The second-order valence-corrected chi connectivity index (χ2v) is 12.2. The van der Waals surface area contributed by atoms with Gasteiger partial charge in [-0.1, -0.05) is 56.7 Å². The Kier molecular flexibility index (Phi) is 8.17. The van der Waals surface area contributed by atoms with Crippen molar-refractivity contribution in [3.05, 3.63) is 101 Å². The number of hydrogen-bond donors (Lipinski definition) is 1. The quantitative estimate of drug-likeness (QED) is 0.322. The minimum atomic E-state index is -0.329. The van der Waals surface area contributed by atoms with Crippen molar-refractivity contribution in [3.8, 4) is 11.4 Å². The van der Waals surface area contributed by atoms with E-state index in [-0.39, 0.29) is 41.3 Å². The number of thioether (sulfide) groups is 1. The molecule has 0 saturated carbocycles. The minimum absolute atomic E-state index is 0.134. The first-order valence-electron chi connectivity index (χ1n) is 13.6. The number of nitrogens with zero attached hydrogens (tertiary/aromatic N) is 4. The maximum Gasteiger partial charge on any atom is 0.240 e. The molecule has 2 aromatic carbocycles. The summed E-state index contributed by atoms with van der Waals surface area (Å²) in [5.41, 5.74) is 5.28. The van der Waals surface area contributed by atoms with Gasteiger partial charge in [-0.15, -0.1) is 11.8 Å². The zero-order valence-electron chi connectivity index (χ0n) is 24.0. The van der Waals surface area contributed by atoms with Crippen molar-refractivity contribution >= 4 is 29.4 Å². The van der Waals surface area contributed by atoms with Gasteiger partial charge in [-0.25, -0.2) is 4.68 Å². The highest BCUT2D eigenvalue weighted by Crippen LogP contribution is 2.48. The molecule has 3 heterocycles. The number of benzene rings is 2. The van der Waals surface area contributed by atoms with Crippen molar-refractivity contribution in [3.63, 3.8) is 0 Å². The highest BCUT2D eigenvalue weighted by atomic mass is 32.2. The molecule has 0 radical (unpaired) electrons. The number of amides is 2. The largest absolute Gasteiger partial charge is 0.497 e. The number of anilines is 1. The van der Waals surface area contributed by atoms with Gasteiger partial charge in [0.2, 0.25) is 11.8 Å². The molecule has 41 heavy (non-hydrogen) atoms. The third kappa shape index (κ3) is 6.15. The van der Waals surface area contributed by atoms with Crippen LogP contribution >= 0.6 is 11.8 Å². The van der Waals surface area contributed by atoms with Gasteiger partial charge in [-0.3, -0.25) is 19.5 Å². The Morgan fingerprint density at radius 3 is 2.54 bits per heavy atom.